The van der Waals surface area contributed by atoms with Gasteiger partial charge >= 0.3 is 0 Å². The summed E-state index contributed by atoms with van der Waals surface area (Å²) < 4.78 is 11.2. The van der Waals surface area contributed by atoms with Gasteiger partial charge in [0, 0.05) is 30.6 Å². The average molecular weight is 279 g/mol. The van der Waals surface area contributed by atoms with Crippen LogP contribution in [0.5, 0.6) is 11.5 Å². The normalized spacial score (nSPS) is 18.8. The summed E-state index contributed by atoms with van der Waals surface area (Å²) in [7, 11) is 1.69. The molecule has 112 valence electrons. The lowest BCUT2D eigenvalue weighted by Crippen LogP contribution is -2.30. The molecule has 2 rings (SSSR count). The Labute approximate surface area is 121 Å². The van der Waals surface area contributed by atoms with Gasteiger partial charge in [-0.05, 0) is 25.0 Å². The van der Waals surface area contributed by atoms with Gasteiger partial charge in [0.25, 0.3) is 0 Å². The molecule has 0 spiro atoms. The van der Waals surface area contributed by atoms with Crippen LogP contribution < -0.4 is 14.8 Å². The van der Waals surface area contributed by atoms with Gasteiger partial charge < -0.3 is 19.9 Å². The van der Waals surface area contributed by atoms with Gasteiger partial charge in [0.1, 0.15) is 17.6 Å². The summed E-state index contributed by atoms with van der Waals surface area (Å²) in [5, 5.41) is 13.1. The van der Waals surface area contributed by atoms with Gasteiger partial charge in [-0.15, -0.1) is 0 Å². The molecule has 0 aliphatic carbocycles. The van der Waals surface area contributed by atoms with Crippen LogP contribution in [0.2, 0.25) is 0 Å². The van der Waals surface area contributed by atoms with E-state index in [9.17, 15) is 5.11 Å². The highest BCUT2D eigenvalue weighted by Crippen LogP contribution is 2.34. The molecule has 0 amide bonds. The average Bonchev–Trinajstić information content (AvgIpc) is 2.76. The fourth-order valence-corrected chi connectivity index (χ4v) is 2.40. The van der Waals surface area contributed by atoms with Crippen LogP contribution in [-0.2, 0) is 13.0 Å². The van der Waals surface area contributed by atoms with Gasteiger partial charge in [-0.3, -0.25) is 0 Å². The van der Waals surface area contributed by atoms with E-state index in [-0.39, 0.29) is 18.1 Å². The summed E-state index contributed by atoms with van der Waals surface area (Å²) in [6, 6.07) is 4.11. The van der Waals surface area contributed by atoms with Crippen molar-refractivity contribution in [1.82, 2.24) is 5.32 Å². The molecular formula is C16H25NO3. The maximum Gasteiger partial charge on any atom is 0.123 e. The van der Waals surface area contributed by atoms with Crippen molar-refractivity contribution >= 4 is 0 Å². The number of methoxy groups -OCH3 is 1. The predicted molar refractivity (Wildman–Crippen MR) is 79.3 cm³/mol. The molecule has 0 fully saturated rings. The first kappa shape index (κ1) is 15.1. The molecule has 1 aliphatic heterocycles. The number of hydrogen-bond donors (Lipinski definition) is 2. The van der Waals surface area contributed by atoms with E-state index in [2.05, 4.69) is 18.3 Å². The van der Waals surface area contributed by atoms with Crippen LogP contribution in [-0.4, -0.2) is 31.0 Å². The van der Waals surface area contributed by atoms with Gasteiger partial charge in [0.05, 0.1) is 13.2 Å². The minimum atomic E-state index is -0.327. The molecule has 2 atom stereocenters. The molecule has 2 unspecified atom stereocenters. The number of benzene rings is 1. The monoisotopic (exact) mass is 279 g/mol. The summed E-state index contributed by atoms with van der Waals surface area (Å²) in [6.45, 7) is 7.34. The Morgan fingerprint density at radius 3 is 2.85 bits per heavy atom. The second kappa shape index (κ2) is 6.46. The zero-order chi connectivity index (χ0) is 14.7. The van der Waals surface area contributed by atoms with Crippen molar-refractivity contribution in [3.05, 3.63) is 23.3 Å². The lowest BCUT2D eigenvalue weighted by molar-refractivity contribution is 0.123. The van der Waals surface area contributed by atoms with Gasteiger partial charge in [0.15, 0.2) is 0 Å². The van der Waals surface area contributed by atoms with Crippen molar-refractivity contribution in [2.75, 3.05) is 13.7 Å². The largest absolute Gasteiger partial charge is 0.496 e. The van der Waals surface area contributed by atoms with Crippen LogP contribution in [0.15, 0.2) is 12.1 Å². The Kier molecular flexibility index (Phi) is 4.89. The highest BCUT2D eigenvalue weighted by atomic mass is 16.5. The molecule has 0 radical (unpaired) electrons. The minimum absolute atomic E-state index is 0.237. The molecular weight excluding hydrogens is 254 g/mol. The van der Waals surface area contributed by atoms with Crippen LogP contribution in [0, 0.1) is 5.92 Å². The lowest BCUT2D eigenvalue weighted by atomic mass is 10.1. The Morgan fingerprint density at radius 1 is 1.45 bits per heavy atom. The smallest absolute Gasteiger partial charge is 0.123 e. The van der Waals surface area contributed by atoms with E-state index in [1.807, 2.05) is 19.9 Å². The Balaban J connectivity index is 2.02. The zero-order valence-corrected chi connectivity index (χ0v) is 12.8. The zero-order valence-electron chi connectivity index (χ0n) is 12.8. The molecule has 0 saturated carbocycles. The molecule has 2 N–H and O–H groups in total. The Hall–Kier alpha value is -1.26. The molecule has 1 heterocycles. The molecule has 0 bridgehead atoms. The van der Waals surface area contributed by atoms with Crippen molar-refractivity contribution in [2.24, 2.45) is 5.92 Å². The molecule has 1 aromatic carbocycles. The Bertz CT molecular complexity index is 459. The third kappa shape index (κ3) is 3.44. The summed E-state index contributed by atoms with van der Waals surface area (Å²) in [6.07, 6.45) is 0.846. The molecule has 0 aromatic heterocycles. The van der Waals surface area contributed by atoms with Crippen molar-refractivity contribution in [1.29, 1.82) is 0 Å². The number of hydrogen-bond acceptors (Lipinski definition) is 4. The second-order valence-corrected chi connectivity index (χ2v) is 5.85. The minimum Gasteiger partial charge on any atom is -0.496 e. The summed E-state index contributed by atoms with van der Waals surface area (Å²) in [5.74, 6) is 2.10. The van der Waals surface area contributed by atoms with Gasteiger partial charge in [0.2, 0.25) is 0 Å². The molecule has 0 saturated heterocycles. The van der Waals surface area contributed by atoms with Crippen LogP contribution in [0.4, 0.5) is 0 Å². The van der Waals surface area contributed by atoms with Crippen LogP contribution in [0.3, 0.4) is 0 Å². The number of fused-ring (bicyclic) bond motifs is 1. The van der Waals surface area contributed by atoms with Crippen LogP contribution in [0.25, 0.3) is 0 Å². The maximum absolute atomic E-state index is 9.80. The van der Waals surface area contributed by atoms with E-state index in [1.165, 1.54) is 5.56 Å². The summed E-state index contributed by atoms with van der Waals surface area (Å²) in [5.41, 5.74) is 2.27. The van der Waals surface area contributed by atoms with Gasteiger partial charge in [-0.25, -0.2) is 0 Å². The quantitative estimate of drug-likeness (QED) is 0.837. The second-order valence-electron chi connectivity index (χ2n) is 5.85. The van der Waals surface area contributed by atoms with Gasteiger partial charge in [-0.2, -0.15) is 0 Å². The number of aliphatic hydroxyl groups excluding tert-OH is 1. The predicted octanol–water partition coefficient (Wildman–Crippen LogP) is 2.13. The third-order valence-corrected chi connectivity index (χ3v) is 3.74. The standard InChI is InChI=1S/C16H25NO3/c1-10(2)14(18)9-17-8-13-7-16-12(5-11(3)20-16)6-15(13)19-4/h6-7,10-11,14,17-18H,5,8-9H2,1-4H3. The van der Waals surface area contributed by atoms with E-state index >= 15 is 0 Å². The number of rotatable bonds is 6. The summed E-state index contributed by atoms with van der Waals surface area (Å²) >= 11 is 0. The number of nitrogens with one attached hydrogen (secondary N) is 1. The fraction of sp³-hybridized carbons (Fsp3) is 0.625. The summed E-state index contributed by atoms with van der Waals surface area (Å²) in [4.78, 5) is 0. The maximum atomic E-state index is 9.80. The number of aliphatic hydroxyl groups is 1. The first-order valence-electron chi connectivity index (χ1n) is 7.26. The van der Waals surface area contributed by atoms with Crippen molar-refractivity contribution < 1.29 is 14.6 Å². The van der Waals surface area contributed by atoms with E-state index in [1.54, 1.807) is 7.11 Å². The van der Waals surface area contributed by atoms with E-state index in [4.69, 9.17) is 9.47 Å². The Morgan fingerprint density at radius 2 is 2.20 bits per heavy atom. The van der Waals surface area contributed by atoms with Gasteiger partial charge in [-0.1, -0.05) is 13.8 Å². The van der Waals surface area contributed by atoms with E-state index in [0.717, 1.165) is 23.5 Å². The van der Waals surface area contributed by atoms with Crippen molar-refractivity contribution in [2.45, 2.75) is 45.9 Å². The SMILES string of the molecule is COc1cc2c(cc1CNCC(O)C(C)C)OC(C)C2. The van der Waals surface area contributed by atoms with E-state index < -0.39 is 0 Å². The first-order valence-corrected chi connectivity index (χ1v) is 7.26. The molecule has 4 nitrogen and oxygen atoms in total. The highest BCUT2D eigenvalue weighted by Gasteiger charge is 2.21. The van der Waals surface area contributed by atoms with Crippen molar-refractivity contribution in [3.8, 4) is 11.5 Å². The van der Waals surface area contributed by atoms with Crippen LogP contribution in [0.1, 0.15) is 31.9 Å². The van der Waals surface area contributed by atoms with E-state index in [0.29, 0.717) is 13.1 Å². The van der Waals surface area contributed by atoms with Crippen molar-refractivity contribution in [3.63, 3.8) is 0 Å². The molecule has 4 heteroatoms. The third-order valence-electron chi connectivity index (χ3n) is 3.74. The number of ether oxygens (including phenoxy) is 2. The molecule has 20 heavy (non-hydrogen) atoms. The molecule has 1 aliphatic rings. The molecule has 1 aromatic rings. The first-order chi connectivity index (χ1) is 9.51. The topological polar surface area (TPSA) is 50.7 Å². The highest BCUT2D eigenvalue weighted by molar-refractivity contribution is 5.48. The lowest BCUT2D eigenvalue weighted by Gasteiger charge is -2.16. The van der Waals surface area contributed by atoms with Crippen LogP contribution >= 0.6 is 0 Å². The fourth-order valence-electron chi connectivity index (χ4n) is 2.40.